The van der Waals surface area contributed by atoms with Crippen LogP contribution in [0, 0.1) is 11.3 Å². The van der Waals surface area contributed by atoms with Crippen molar-refractivity contribution in [1.29, 1.82) is 5.26 Å². The first-order valence-electron chi connectivity index (χ1n) is 10.4. The fourth-order valence-electron chi connectivity index (χ4n) is 4.29. The summed E-state index contributed by atoms with van der Waals surface area (Å²) >= 11 is 0. The maximum Gasteiger partial charge on any atom is 0.305 e. The maximum atomic E-state index is 10.9. The Morgan fingerprint density at radius 1 is 1.09 bits per heavy atom. The van der Waals surface area contributed by atoms with Gasteiger partial charge < -0.3 is 9.84 Å². The highest BCUT2D eigenvalue weighted by molar-refractivity contribution is 8.24. The van der Waals surface area contributed by atoms with Gasteiger partial charge in [0.15, 0.2) is 0 Å². The summed E-state index contributed by atoms with van der Waals surface area (Å²) in [6.45, 7) is 2.79. The summed E-state index contributed by atoms with van der Waals surface area (Å²) in [5.41, 5.74) is 5.27. The molecule has 1 atom stereocenters. The van der Waals surface area contributed by atoms with Gasteiger partial charge in [0.1, 0.15) is 12.4 Å². The van der Waals surface area contributed by atoms with E-state index in [0.29, 0.717) is 29.4 Å². The highest BCUT2D eigenvalue weighted by Gasteiger charge is 2.33. The van der Waals surface area contributed by atoms with E-state index in [1.165, 1.54) is 16.7 Å². The molecule has 4 rings (SSSR count). The third-order valence-corrected chi connectivity index (χ3v) is 7.38. The molecule has 7 nitrogen and oxygen atoms in total. The minimum atomic E-state index is -2.42. The van der Waals surface area contributed by atoms with E-state index < -0.39 is 22.5 Å². The number of hydrogen-bond donors (Lipinski definition) is 3. The SMILES string of the molecule is N#CC(CC(=O)O)c1ccc(OCc2cccc(CN3CC4=C(C3)CS(O)(O)C4)c2)cc1. The van der Waals surface area contributed by atoms with Crippen LogP contribution in [0.5, 0.6) is 5.75 Å². The molecule has 0 aliphatic carbocycles. The van der Waals surface area contributed by atoms with Crippen LogP contribution < -0.4 is 4.74 Å². The molecular formula is C24H26N2O5S. The summed E-state index contributed by atoms with van der Waals surface area (Å²) in [7, 11) is -2.42. The highest BCUT2D eigenvalue weighted by atomic mass is 32.3. The molecule has 0 saturated carbocycles. The highest BCUT2D eigenvalue weighted by Crippen LogP contribution is 2.50. The number of ether oxygens (including phenoxy) is 1. The van der Waals surface area contributed by atoms with Crippen molar-refractivity contribution in [2.45, 2.75) is 25.5 Å². The van der Waals surface area contributed by atoms with Crippen molar-refractivity contribution < 1.29 is 23.7 Å². The number of aliphatic carboxylic acids is 1. The van der Waals surface area contributed by atoms with Gasteiger partial charge in [0.05, 0.1) is 29.9 Å². The van der Waals surface area contributed by atoms with Crippen molar-refractivity contribution in [3.05, 3.63) is 76.4 Å². The van der Waals surface area contributed by atoms with E-state index in [1.807, 2.05) is 18.2 Å². The van der Waals surface area contributed by atoms with Crippen LogP contribution in [0.15, 0.2) is 59.7 Å². The van der Waals surface area contributed by atoms with Crippen molar-refractivity contribution >= 4 is 16.6 Å². The van der Waals surface area contributed by atoms with Gasteiger partial charge in [-0.15, -0.1) is 0 Å². The molecule has 0 bridgehead atoms. The van der Waals surface area contributed by atoms with Crippen molar-refractivity contribution in [3.8, 4) is 11.8 Å². The monoisotopic (exact) mass is 454 g/mol. The van der Waals surface area contributed by atoms with Crippen LogP contribution in [0.3, 0.4) is 0 Å². The molecular weight excluding hydrogens is 428 g/mol. The van der Waals surface area contributed by atoms with E-state index >= 15 is 0 Å². The molecule has 2 aromatic rings. The topological polar surface area (TPSA) is 114 Å². The standard InChI is InChI=1S/C24H26N2O5S/c25-10-20(9-24(27)28)19-4-6-23(7-5-19)31-14-18-3-1-2-17(8-18)11-26-12-21-15-32(29,30)16-22(21)13-26/h1-8,20,29-30H,9,11-16H2,(H,27,28). The summed E-state index contributed by atoms with van der Waals surface area (Å²) in [5, 5.41) is 18.1. The molecule has 0 spiro atoms. The van der Waals surface area contributed by atoms with Crippen molar-refractivity contribution in [3.63, 3.8) is 0 Å². The molecule has 0 fully saturated rings. The second-order valence-corrected chi connectivity index (χ2v) is 10.6. The fraction of sp³-hybridized carbons (Fsp3) is 0.333. The van der Waals surface area contributed by atoms with Gasteiger partial charge in [-0.05, 0) is 40.0 Å². The van der Waals surface area contributed by atoms with E-state index in [9.17, 15) is 19.2 Å². The fourth-order valence-corrected chi connectivity index (χ4v) is 6.10. The molecule has 0 saturated heterocycles. The van der Waals surface area contributed by atoms with Gasteiger partial charge in [0.25, 0.3) is 0 Å². The molecule has 0 aromatic heterocycles. The predicted molar refractivity (Wildman–Crippen MR) is 123 cm³/mol. The Bertz CT molecular complexity index is 1050. The average molecular weight is 455 g/mol. The lowest BCUT2D eigenvalue weighted by atomic mass is 9.97. The first kappa shape index (κ1) is 22.4. The Labute approximate surface area is 188 Å². The van der Waals surface area contributed by atoms with Crippen LogP contribution in [0.4, 0.5) is 0 Å². The summed E-state index contributed by atoms with van der Waals surface area (Å²) in [4.78, 5) is 13.2. The Morgan fingerprint density at radius 2 is 1.75 bits per heavy atom. The van der Waals surface area contributed by atoms with Crippen molar-refractivity contribution in [2.24, 2.45) is 0 Å². The molecule has 2 heterocycles. The molecule has 2 aliphatic heterocycles. The Kier molecular flexibility index (Phi) is 6.53. The number of nitriles is 1. The molecule has 2 aromatic carbocycles. The van der Waals surface area contributed by atoms with Crippen LogP contribution in [0.2, 0.25) is 0 Å². The Morgan fingerprint density at radius 3 is 2.38 bits per heavy atom. The number of benzene rings is 2. The van der Waals surface area contributed by atoms with E-state index in [1.54, 1.807) is 24.3 Å². The van der Waals surface area contributed by atoms with E-state index in [0.717, 1.165) is 25.2 Å². The van der Waals surface area contributed by atoms with Crippen LogP contribution in [0.25, 0.3) is 0 Å². The second-order valence-electron chi connectivity index (χ2n) is 8.40. The molecule has 3 N–H and O–H groups in total. The molecule has 168 valence electrons. The van der Waals surface area contributed by atoms with Crippen LogP contribution in [0.1, 0.15) is 29.0 Å². The third kappa shape index (κ3) is 5.50. The average Bonchev–Trinajstić information content (AvgIpc) is 3.23. The summed E-state index contributed by atoms with van der Waals surface area (Å²) < 4.78 is 25.6. The molecule has 8 heteroatoms. The quantitative estimate of drug-likeness (QED) is 0.512. The molecule has 1 unspecified atom stereocenters. The Balaban J connectivity index is 1.30. The molecule has 2 aliphatic rings. The lowest BCUT2D eigenvalue weighted by Gasteiger charge is -2.29. The summed E-state index contributed by atoms with van der Waals surface area (Å²) in [6.07, 6.45) is -0.221. The van der Waals surface area contributed by atoms with Gasteiger partial charge in [-0.2, -0.15) is 15.9 Å². The van der Waals surface area contributed by atoms with E-state index in [2.05, 4.69) is 17.0 Å². The van der Waals surface area contributed by atoms with Crippen LogP contribution in [-0.4, -0.2) is 49.7 Å². The molecule has 0 amide bonds. The number of nitrogens with zero attached hydrogens (tertiary/aromatic N) is 2. The van der Waals surface area contributed by atoms with Gasteiger partial charge in [-0.1, -0.05) is 36.4 Å². The van der Waals surface area contributed by atoms with Gasteiger partial charge in [0, 0.05) is 19.6 Å². The van der Waals surface area contributed by atoms with Crippen molar-refractivity contribution in [1.82, 2.24) is 4.90 Å². The first-order valence-corrected chi connectivity index (χ1v) is 12.3. The largest absolute Gasteiger partial charge is 0.489 e. The first-order chi connectivity index (χ1) is 15.3. The zero-order valence-corrected chi connectivity index (χ0v) is 18.4. The van der Waals surface area contributed by atoms with E-state index in [-0.39, 0.29) is 6.42 Å². The lowest BCUT2D eigenvalue weighted by Crippen LogP contribution is -2.24. The number of carboxylic acids is 1. The van der Waals surface area contributed by atoms with Gasteiger partial charge in [-0.25, -0.2) is 0 Å². The van der Waals surface area contributed by atoms with Gasteiger partial charge in [-0.3, -0.25) is 18.8 Å². The van der Waals surface area contributed by atoms with Crippen molar-refractivity contribution in [2.75, 3.05) is 24.6 Å². The van der Waals surface area contributed by atoms with Crippen LogP contribution in [-0.2, 0) is 17.9 Å². The number of carbonyl (C=O) groups is 1. The smallest absolute Gasteiger partial charge is 0.305 e. The predicted octanol–water partition coefficient (Wildman–Crippen LogP) is 4.22. The van der Waals surface area contributed by atoms with Gasteiger partial charge in [0.2, 0.25) is 0 Å². The number of hydrogen-bond acceptors (Lipinski definition) is 6. The second kappa shape index (κ2) is 9.35. The summed E-state index contributed by atoms with van der Waals surface area (Å²) in [6, 6.07) is 17.2. The molecule has 32 heavy (non-hydrogen) atoms. The summed E-state index contributed by atoms with van der Waals surface area (Å²) in [5.74, 6) is -0.159. The minimum Gasteiger partial charge on any atom is -0.489 e. The number of rotatable bonds is 8. The normalized spacial score (nSPS) is 19.3. The van der Waals surface area contributed by atoms with Gasteiger partial charge >= 0.3 is 5.97 Å². The third-order valence-electron chi connectivity index (χ3n) is 5.76. The molecule has 0 radical (unpaired) electrons. The van der Waals surface area contributed by atoms with E-state index in [4.69, 9.17) is 9.84 Å². The minimum absolute atomic E-state index is 0.221. The lowest BCUT2D eigenvalue weighted by molar-refractivity contribution is -0.137. The zero-order valence-electron chi connectivity index (χ0n) is 17.6. The zero-order chi connectivity index (χ0) is 22.7. The van der Waals surface area contributed by atoms with Crippen LogP contribution >= 0.6 is 10.6 Å². The Hall–Kier alpha value is -2.83. The number of carboxylic acid groups (broad SMARTS) is 1. The maximum absolute atomic E-state index is 10.9.